The molecule has 0 amide bonds. The van der Waals surface area contributed by atoms with Gasteiger partial charge in [-0.05, 0) is 36.4 Å². The summed E-state index contributed by atoms with van der Waals surface area (Å²) in [6.07, 6.45) is 0. The van der Waals surface area contributed by atoms with Crippen LogP contribution in [-0.2, 0) is 0 Å². The summed E-state index contributed by atoms with van der Waals surface area (Å²) in [6.45, 7) is -0.179. The highest BCUT2D eigenvalue weighted by Crippen LogP contribution is 2.28. The number of hydrogen-bond acceptors (Lipinski definition) is 5. The maximum atomic E-state index is 12.2. The first kappa shape index (κ1) is 16.7. The van der Waals surface area contributed by atoms with E-state index in [9.17, 15) is 4.79 Å². The third kappa shape index (κ3) is 3.93. The molecule has 0 saturated carbocycles. The third-order valence-corrected chi connectivity index (χ3v) is 3.42. The monoisotopic (exact) mass is 331 g/mol. The molecule has 0 spiro atoms. The molecule has 0 unspecified atom stereocenters. The molecule has 0 N–H and O–H groups in total. The predicted octanol–water partition coefficient (Wildman–Crippen LogP) is 3.49. The Labute approximate surface area is 139 Å². The smallest absolute Gasteiger partial charge is 0.200 e. The quantitative estimate of drug-likeness (QED) is 0.758. The molecule has 0 aromatic heterocycles. The zero-order valence-corrected chi connectivity index (χ0v) is 13.4. The number of hydrogen-bond donors (Lipinski definition) is 0. The molecule has 0 fully saturated rings. The minimum absolute atomic E-state index is 0.179. The molecule has 2 aromatic rings. The van der Waals surface area contributed by atoms with Crippen molar-refractivity contribution in [2.24, 2.45) is 0 Å². The Hall–Kier alpha value is -2.71. The first-order valence-electron chi connectivity index (χ1n) is 6.66. The zero-order valence-electron chi connectivity index (χ0n) is 12.6. The maximum Gasteiger partial charge on any atom is 0.200 e. The summed E-state index contributed by atoms with van der Waals surface area (Å²) in [5, 5.41) is 9.07. The number of carbonyl (C=O) groups excluding carboxylic acids is 1. The van der Waals surface area contributed by atoms with Crippen LogP contribution in [0, 0.1) is 11.3 Å². The van der Waals surface area contributed by atoms with Crippen molar-refractivity contribution in [3.05, 3.63) is 52.5 Å². The van der Waals surface area contributed by atoms with Crippen LogP contribution in [-0.4, -0.2) is 26.6 Å². The van der Waals surface area contributed by atoms with Gasteiger partial charge in [-0.1, -0.05) is 11.6 Å². The second-order valence-corrected chi connectivity index (χ2v) is 4.95. The van der Waals surface area contributed by atoms with Crippen molar-refractivity contribution in [2.75, 3.05) is 20.8 Å². The summed E-state index contributed by atoms with van der Waals surface area (Å²) < 4.78 is 15.7. The molecule has 0 atom stereocenters. The van der Waals surface area contributed by atoms with E-state index < -0.39 is 0 Å². The summed E-state index contributed by atoms with van der Waals surface area (Å²) >= 11 is 6.00. The van der Waals surface area contributed by atoms with Gasteiger partial charge in [0.25, 0.3) is 0 Å². The molecule has 23 heavy (non-hydrogen) atoms. The van der Waals surface area contributed by atoms with E-state index in [1.54, 1.807) is 30.3 Å². The Morgan fingerprint density at radius 2 is 1.78 bits per heavy atom. The number of nitriles is 1. The summed E-state index contributed by atoms with van der Waals surface area (Å²) in [5.74, 6) is 1.13. The van der Waals surface area contributed by atoms with Crippen molar-refractivity contribution in [1.29, 1.82) is 5.26 Å². The molecule has 0 heterocycles. The van der Waals surface area contributed by atoms with Crippen LogP contribution in [0.1, 0.15) is 15.9 Å². The van der Waals surface area contributed by atoms with Crippen molar-refractivity contribution in [3.63, 3.8) is 0 Å². The number of rotatable bonds is 6. The largest absolute Gasteiger partial charge is 0.493 e. The highest BCUT2D eigenvalue weighted by molar-refractivity contribution is 6.32. The fraction of sp³-hybridized carbons (Fsp3) is 0.176. The van der Waals surface area contributed by atoms with E-state index in [-0.39, 0.29) is 17.4 Å². The number of carbonyl (C=O) groups is 1. The third-order valence-electron chi connectivity index (χ3n) is 3.13. The topological polar surface area (TPSA) is 68.5 Å². The molecule has 2 aromatic carbocycles. The SMILES string of the molecule is COc1ccc(C(=O)COc2ccc(C#N)cc2Cl)cc1OC. The highest BCUT2D eigenvalue weighted by atomic mass is 35.5. The second-order valence-electron chi connectivity index (χ2n) is 4.54. The van der Waals surface area contributed by atoms with E-state index in [0.717, 1.165) is 0 Å². The standard InChI is InChI=1S/C17H14ClNO4/c1-21-16-6-4-12(8-17(16)22-2)14(20)10-23-15-5-3-11(9-19)7-13(15)18/h3-8H,10H2,1-2H3. The lowest BCUT2D eigenvalue weighted by molar-refractivity contribution is 0.0921. The molecule has 0 aliphatic carbocycles. The molecular formula is C17H14ClNO4. The van der Waals surface area contributed by atoms with Crippen LogP contribution in [0.3, 0.4) is 0 Å². The first-order valence-corrected chi connectivity index (χ1v) is 7.04. The van der Waals surface area contributed by atoms with Crippen LogP contribution in [0.4, 0.5) is 0 Å². The number of nitrogens with zero attached hydrogens (tertiary/aromatic N) is 1. The Kier molecular flexibility index (Phi) is 5.45. The molecule has 0 bridgehead atoms. The fourth-order valence-electron chi connectivity index (χ4n) is 1.92. The lowest BCUT2D eigenvalue weighted by Crippen LogP contribution is -2.12. The molecule has 0 saturated heterocycles. The molecule has 118 valence electrons. The molecule has 0 radical (unpaired) electrons. The van der Waals surface area contributed by atoms with Crippen molar-refractivity contribution in [3.8, 4) is 23.3 Å². The van der Waals surface area contributed by atoms with Gasteiger partial charge in [-0.25, -0.2) is 0 Å². The van der Waals surface area contributed by atoms with Gasteiger partial charge in [0.05, 0.1) is 30.9 Å². The zero-order chi connectivity index (χ0) is 16.8. The summed E-state index contributed by atoms with van der Waals surface area (Å²) in [6, 6.07) is 11.5. The summed E-state index contributed by atoms with van der Waals surface area (Å²) in [7, 11) is 3.02. The van der Waals surface area contributed by atoms with Crippen molar-refractivity contribution in [1.82, 2.24) is 0 Å². The van der Waals surface area contributed by atoms with E-state index in [2.05, 4.69) is 0 Å². The van der Waals surface area contributed by atoms with Crippen LogP contribution < -0.4 is 14.2 Å². The van der Waals surface area contributed by atoms with Crippen LogP contribution in [0.15, 0.2) is 36.4 Å². The average molecular weight is 332 g/mol. The van der Waals surface area contributed by atoms with Gasteiger partial charge in [-0.2, -0.15) is 5.26 Å². The molecule has 0 aliphatic rings. The molecule has 2 rings (SSSR count). The van der Waals surface area contributed by atoms with Crippen molar-refractivity contribution < 1.29 is 19.0 Å². The normalized spacial score (nSPS) is 9.83. The predicted molar refractivity (Wildman–Crippen MR) is 85.5 cm³/mol. The van der Waals surface area contributed by atoms with Crippen LogP contribution in [0.5, 0.6) is 17.2 Å². The van der Waals surface area contributed by atoms with Gasteiger partial charge in [0.15, 0.2) is 23.9 Å². The maximum absolute atomic E-state index is 12.2. The highest BCUT2D eigenvalue weighted by Gasteiger charge is 2.12. The van der Waals surface area contributed by atoms with E-state index in [1.165, 1.54) is 20.3 Å². The van der Waals surface area contributed by atoms with E-state index >= 15 is 0 Å². The van der Waals surface area contributed by atoms with Gasteiger partial charge in [-0.15, -0.1) is 0 Å². The molecular weight excluding hydrogens is 318 g/mol. The minimum atomic E-state index is -0.230. The second kappa shape index (κ2) is 7.52. The summed E-state index contributed by atoms with van der Waals surface area (Å²) in [4.78, 5) is 12.2. The molecule has 5 nitrogen and oxygen atoms in total. The fourth-order valence-corrected chi connectivity index (χ4v) is 2.16. The van der Waals surface area contributed by atoms with Gasteiger partial charge in [0.1, 0.15) is 5.75 Å². The number of halogens is 1. The minimum Gasteiger partial charge on any atom is -0.493 e. The Morgan fingerprint density at radius 1 is 1.09 bits per heavy atom. The summed E-state index contributed by atoms with van der Waals surface area (Å²) in [5.41, 5.74) is 0.862. The average Bonchev–Trinajstić information content (AvgIpc) is 2.59. The van der Waals surface area contributed by atoms with Crippen LogP contribution >= 0.6 is 11.6 Å². The number of methoxy groups -OCH3 is 2. The van der Waals surface area contributed by atoms with Gasteiger partial charge < -0.3 is 14.2 Å². The number of Topliss-reactive ketones (excluding diaryl/α,β-unsaturated/α-hetero) is 1. The Balaban J connectivity index is 2.09. The lowest BCUT2D eigenvalue weighted by atomic mass is 10.1. The number of ether oxygens (including phenoxy) is 3. The number of benzene rings is 2. The van der Waals surface area contributed by atoms with Gasteiger partial charge >= 0.3 is 0 Å². The Morgan fingerprint density at radius 3 is 2.39 bits per heavy atom. The van der Waals surface area contributed by atoms with Crippen molar-refractivity contribution in [2.45, 2.75) is 0 Å². The van der Waals surface area contributed by atoms with E-state index in [4.69, 9.17) is 31.1 Å². The van der Waals surface area contributed by atoms with Gasteiger partial charge in [0, 0.05) is 5.56 Å². The van der Waals surface area contributed by atoms with Crippen molar-refractivity contribution >= 4 is 17.4 Å². The van der Waals surface area contributed by atoms with Gasteiger partial charge in [0.2, 0.25) is 0 Å². The van der Waals surface area contributed by atoms with Crippen LogP contribution in [0.2, 0.25) is 5.02 Å². The Bertz CT molecular complexity index is 768. The molecule has 6 heteroatoms. The first-order chi connectivity index (χ1) is 11.1. The number of ketones is 1. The lowest BCUT2D eigenvalue weighted by Gasteiger charge is -2.10. The van der Waals surface area contributed by atoms with Gasteiger partial charge in [-0.3, -0.25) is 4.79 Å². The molecule has 0 aliphatic heterocycles. The van der Waals surface area contributed by atoms with Crippen LogP contribution in [0.25, 0.3) is 0 Å². The van der Waals surface area contributed by atoms with E-state index in [1.807, 2.05) is 6.07 Å². The van der Waals surface area contributed by atoms with E-state index in [0.29, 0.717) is 28.4 Å².